The van der Waals surface area contributed by atoms with Crippen LogP contribution in [0.2, 0.25) is 0 Å². The zero-order valence-electron chi connectivity index (χ0n) is 9.19. The molecule has 0 saturated heterocycles. The maximum Gasteiger partial charge on any atom is 0.349 e. The first-order valence-electron chi connectivity index (χ1n) is 5.22. The molecule has 0 aliphatic carbocycles. The minimum atomic E-state index is -0.427. The van der Waals surface area contributed by atoms with Gasteiger partial charge in [-0.2, -0.15) is 4.68 Å². The number of carbonyl (C=O) groups is 1. The monoisotopic (exact) mass is 240 g/mol. The van der Waals surface area contributed by atoms with Gasteiger partial charge in [-0.15, -0.1) is 5.10 Å². The minimum absolute atomic E-state index is 0.363. The number of hydrogen-bond donors (Lipinski definition) is 1. The molecule has 2 aromatic heterocycles. The SMILES string of the molecule is O=C(Nc1cnccn1)n1nnc2ccccc21. The summed E-state index contributed by atoms with van der Waals surface area (Å²) in [4.78, 5) is 19.8. The summed E-state index contributed by atoms with van der Waals surface area (Å²) < 4.78 is 1.18. The van der Waals surface area contributed by atoms with Gasteiger partial charge in [0.1, 0.15) is 5.52 Å². The van der Waals surface area contributed by atoms with Crippen molar-refractivity contribution in [3.05, 3.63) is 42.9 Å². The van der Waals surface area contributed by atoms with Crippen LogP contribution in [0.5, 0.6) is 0 Å². The number of fused-ring (bicyclic) bond motifs is 1. The lowest BCUT2D eigenvalue weighted by atomic mass is 10.3. The van der Waals surface area contributed by atoms with Gasteiger partial charge in [0.2, 0.25) is 0 Å². The highest BCUT2D eigenvalue weighted by molar-refractivity contribution is 5.95. The second kappa shape index (κ2) is 4.21. The molecule has 2 heterocycles. The van der Waals surface area contributed by atoms with Gasteiger partial charge in [-0.25, -0.2) is 9.78 Å². The Morgan fingerprint density at radius 1 is 1.22 bits per heavy atom. The third kappa shape index (κ3) is 1.77. The highest BCUT2D eigenvalue weighted by Crippen LogP contribution is 2.10. The van der Waals surface area contributed by atoms with E-state index in [1.165, 1.54) is 23.3 Å². The molecular weight excluding hydrogens is 232 g/mol. The standard InChI is InChI=1S/C11H8N6O/c18-11(14-10-7-12-5-6-13-10)17-9-4-2-1-3-8(9)15-16-17/h1-7H,(H,13,14,18). The summed E-state index contributed by atoms with van der Waals surface area (Å²) in [6.07, 6.45) is 4.48. The van der Waals surface area contributed by atoms with Crippen LogP contribution < -0.4 is 5.32 Å². The molecule has 0 aliphatic rings. The number of aromatic nitrogens is 5. The van der Waals surface area contributed by atoms with Gasteiger partial charge in [-0.05, 0) is 12.1 Å². The van der Waals surface area contributed by atoms with E-state index in [0.717, 1.165) is 0 Å². The molecule has 7 nitrogen and oxygen atoms in total. The van der Waals surface area contributed by atoms with Crippen LogP contribution in [0.1, 0.15) is 0 Å². The molecule has 0 saturated carbocycles. The Morgan fingerprint density at radius 3 is 2.94 bits per heavy atom. The van der Waals surface area contributed by atoms with E-state index in [1.54, 1.807) is 12.1 Å². The number of amides is 1. The molecule has 0 unspecified atom stereocenters. The highest BCUT2D eigenvalue weighted by atomic mass is 16.2. The molecule has 0 fully saturated rings. The molecule has 0 aliphatic heterocycles. The highest BCUT2D eigenvalue weighted by Gasteiger charge is 2.11. The van der Waals surface area contributed by atoms with Gasteiger partial charge in [-0.3, -0.25) is 10.3 Å². The Morgan fingerprint density at radius 2 is 2.11 bits per heavy atom. The Labute approximate surface area is 101 Å². The van der Waals surface area contributed by atoms with Gasteiger partial charge in [0.05, 0.1) is 11.7 Å². The van der Waals surface area contributed by atoms with Crippen molar-refractivity contribution < 1.29 is 4.79 Å². The van der Waals surface area contributed by atoms with Crippen molar-refractivity contribution in [2.24, 2.45) is 0 Å². The predicted molar refractivity (Wildman–Crippen MR) is 64.0 cm³/mol. The summed E-state index contributed by atoms with van der Waals surface area (Å²) in [7, 11) is 0. The Bertz CT molecular complexity index is 693. The van der Waals surface area contributed by atoms with Crippen LogP contribution in [0.4, 0.5) is 10.6 Å². The van der Waals surface area contributed by atoms with Crippen molar-refractivity contribution in [1.82, 2.24) is 25.0 Å². The molecule has 88 valence electrons. The van der Waals surface area contributed by atoms with Crippen molar-refractivity contribution in [2.45, 2.75) is 0 Å². The molecule has 0 bridgehead atoms. The second-order valence-electron chi connectivity index (χ2n) is 3.51. The van der Waals surface area contributed by atoms with Crippen molar-refractivity contribution >= 4 is 22.9 Å². The van der Waals surface area contributed by atoms with E-state index in [-0.39, 0.29) is 0 Å². The zero-order chi connectivity index (χ0) is 12.4. The fourth-order valence-corrected chi connectivity index (χ4v) is 1.55. The van der Waals surface area contributed by atoms with Crippen LogP contribution in [0, 0.1) is 0 Å². The number of rotatable bonds is 1. The van der Waals surface area contributed by atoms with E-state index in [1.807, 2.05) is 12.1 Å². The van der Waals surface area contributed by atoms with Crippen LogP contribution >= 0.6 is 0 Å². The van der Waals surface area contributed by atoms with Gasteiger partial charge in [0.15, 0.2) is 5.82 Å². The summed E-state index contributed by atoms with van der Waals surface area (Å²) in [5.74, 6) is 0.363. The summed E-state index contributed by atoms with van der Waals surface area (Å²) >= 11 is 0. The number of benzene rings is 1. The maximum absolute atomic E-state index is 12.0. The van der Waals surface area contributed by atoms with Crippen LogP contribution in [0.3, 0.4) is 0 Å². The van der Waals surface area contributed by atoms with Gasteiger partial charge in [0, 0.05) is 12.4 Å². The van der Waals surface area contributed by atoms with Crippen LogP contribution in [0.15, 0.2) is 42.9 Å². The van der Waals surface area contributed by atoms with Crippen molar-refractivity contribution in [3.8, 4) is 0 Å². The van der Waals surface area contributed by atoms with Crippen LogP contribution in [0.25, 0.3) is 11.0 Å². The second-order valence-corrected chi connectivity index (χ2v) is 3.51. The lowest BCUT2D eigenvalue weighted by Crippen LogP contribution is -2.21. The molecule has 1 amide bonds. The average Bonchev–Trinajstić information content (AvgIpc) is 2.84. The zero-order valence-corrected chi connectivity index (χ0v) is 9.19. The normalized spacial score (nSPS) is 10.4. The average molecular weight is 240 g/mol. The number of anilines is 1. The third-order valence-electron chi connectivity index (χ3n) is 2.34. The number of hydrogen-bond acceptors (Lipinski definition) is 5. The molecule has 7 heteroatoms. The molecular formula is C11H8N6O. The number of nitrogens with one attached hydrogen (secondary N) is 1. The molecule has 0 radical (unpaired) electrons. The maximum atomic E-state index is 12.0. The fourth-order valence-electron chi connectivity index (χ4n) is 1.55. The Kier molecular flexibility index (Phi) is 2.41. The molecule has 3 rings (SSSR count). The lowest BCUT2D eigenvalue weighted by Gasteiger charge is -2.02. The largest absolute Gasteiger partial charge is 0.349 e. The van der Waals surface area contributed by atoms with E-state index < -0.39 is 6.03 Å². The first-order chi connectivity index (χ1) is 8.84. The Hall–Kier alpha value is -2.83. The Balaban J connectivity index is 1.93. The van der Waals surface area contributed by atoms with E-state index in [0.29, 0.717) is 16.9 Å². The molecule has 18 heavy (non-hydrogen) atoms. The summed E-state index contributed by atoms with van der Waals surface area (Å²) in [5, 5.41) is 10.3. The quantitative estimate of drug-likeness (QED) is 0.692. The summed E-state index contributed by atoms with van der Waals surface area (Å²) in [5.41, 5.74) is 1.30. The topological polar surface area (TPSA) is 85.6 Å². The smallest absolute Gasteiger partial charge is 0.289 e. The first kappa shape index (κ1) is 10.3. The van der Waals surface area contributed by atoms with E-state index in [9.17, 15) is 4.79 Å². The van der Waals surface area contributed by atoms with Gasteiger partial charge >= 0.3 is 6.03 Å². The van der Waals surface area contributed by atoms with E-state index >= 15 is 0 Å². The van der Waals surface area contributed by atoms with Gasteiger partial charge < -0.3 is 0 Å². The molecule has 0 spiro atoms. The predicted octanol–water partition coefficient (Wildman–Crippen LogP) is 1.30. The number of para-hydroxylation sites is 1. The van der Waals surface area contributed by atoms with E-state index in [4.69, 9.17) is 0 Å². The molecule has 3 aromatic rings. The van der Waals surface area contributed by atoms with Gasteiger partial charge in [-0.1, -0.05) is 17.3 Å². The minimum Gasteiger partial charge on any atom is -0.289 e. The third-order valence-corrected chi connectivity index (χ3v) is 2.34. The van der Waals surface area contributed by atoms with Crippen molar-refractivity contribution in [2.75, 3.05) is 5.32 Å². The summed E-state index contributed by atoms with van der Waals surface area (Å²) in [6.45, 7) is 0. The first-order valence-corrected chi connectivity index (χ1v) is 5.22. The molecule has 1 N–H and O–H groups in total. The van der Waals surface area contributed by atoms with Gasteiger partial charge in [0.25, 0.3) is 0 Å². The van der Waals surface area contributed by atoms with E-state index in [2.05, 4.69) is 25.6 Å². The lowest BCUT2D eigenvalue weighted by molar-refractivity contribution is 0.251. The van der Waals surface area contributed by atoms with Crippen LogP contribution in [-0.4, -0.2) is 31.0 Å². The van der Waals surface area contributed by atoms with Crippen molar-refractivity contribution in [3.63, 3.8) is 0 Å². The fraction of sp³-hybridized carbons (Fsp3) is 0. The number of nitrogens with zero attached hydrogens (tertiary/aromatic N) is 5. The van der Waals surface area contributed by atoms with Crippen LogP contribution in [-0.2, 0) is 0 Å². The van der Waals surface area contributed by atoms with Crippen molar-refractivity contribution in [1.29, 1.82) is 0 Å². The summed E-state index contributed by atoms with van der Waals surface area (Å²) in [6, 6.07) is 6.78. The molecule has 1 aromatic carbocycles. The number of carbonyl (C=O) groups excluding carboxylic acids is 1. The molecule has 0 atom stereocenters.